The molecule has 1 amide bonds. The summed E-state index contributed by atoms with van der Waals surface area (Å²) in [6.45, 7) is 1.93. The minimum atomic E-state index is -0.122. The molecule has 5 heteroatoms. The highest BCUT2D eigenvalue weighted by molar-refractivity contribution is 7.80. The summed E-state index contributed by atoms with van der Waals surface area (Å²) in [5.41, 5.74) is 7.10. The van der Waals surface area contributed by atoms with E-state index in [2.05, 4.69) is 10.2 Å². The first-order chi connectivity index (χ1) is 8.99. The van der Waals surface area contributed by atoms with Gasteiger partial charge in [-0.1, -0.05) is 12.2 Å². The highest BCUT2D eigenvalue weighted by Gasteiger charge is 2.31. The van der Waals surface area contributed by atoms with Crippen LogP contribution >= 0.6 is 12.2 Å². The van der Waals surface area contributed by atoms with Gasteiger partial charge in [0.2, 0.25) is 5.91 Å². The molecule has 1 saturated carbocycles. The van der Waals surface area contributed by atoms with Gasteiger partial charge >= 0.3 is 0 Å². The van der Waals surface area contributed by atoms with Crippen LogP contribution in [0.1, 0.15) is 25.3 Å². The highest BCUT2D eigenvalue weighted by atomic mass is 32.1. The van der Waals surface area contributed by atoms with Gasteiger partial charge in [0.25, 0.3) is 0 Å². The van der Waals surface area contributed by atoms with Gasteiger partial charge in [-0.25, -0.2) is 0 Å². The van der Waals surface area contributed by atoms with Gasteiger partial charge in [0.05, 0.1) is 6.04 Å². The summed E-state index contributed by atoms with van der Waals surface area (Å²) in [7, 11) is 2.00. The third kappa shape index (κ3) is 3.52. The Bertz CT molecular complexity index is 482. The Kier molecular flexibility index (Phi) is 4.17. The smallest absolute Gasteiger partial charge is 0.241 e. The largest absolute Gasteiger partial charge is 0.389 e. The van der Waals surface area contributed by atoms with E-state index in [4.69, 9.17) is 18.0 Å². The van der Waals surface area contributed by atoms with Crippen LogP contribution in [0.3, 0.4) is 0 Å². The number of benzene rings is 1. The lowest BCUT2D eigenvalue weighted by atomic mass is 10.2. The van der Waals surface area contributed by atoms with E-state index >= 15 is 0 Å². The van der Waals surface area contributed by atoms with E-state index in [-0.39, 0.29) is 11.9 Å². The van der Waals surface area contributed by atoms with Gasteiger partial charge < -0.3 is 11.1 Å². The summed E-state index contributed by atoms with van der Waals surface area (Å²) in [6, 6.07) is 7.70. The number of thiocarbonyl (C=S) groups is 1. The summed E-state index contributed by atoms with van der Waals surface area (Å²) in [4.78, 5) is 14.6. The molecule has 1 unspecified atom stereocenters. The van der Waals surface area contributed by atoms with Crippen LogP contribution in [0.4, 0.5) is 5.69 Å². The van der Waals surface area contributed by atoms with Crippen LogP contribution in [0.15, 0.2) is 24.3 Å². The third-order valence-electron chi connectivity index (χ3n) is 3.55. The summed E-state index contributed by atoms with van der Waals surface area (Å²) in [6.07, 6.45) is 2.38. The van der Waals surface area contributed by atoms with Crippen molar-refractivity contribution in [3.05, 3.63) is 29.8 Å². The van der Waals surface area contributed by atoms with Crippen molar-refractivity contribution >= 4 is 28.8 Å². The lowest BCUT2D eigenvalue weighted by Crippen LogP contribution is -2.40. The van der Waals surface area contributed by atoms with Gasteiger partial charge in [0.1, 0.15) is 4.99 Å². The zero-order valence-electron chi connectivity index (χ0n) is 11.2. The van der Waals surface area contributed by atoms with E-state index in [1.165, 1.54) is 12.8 Å². The zero-order valence-corrected chi connectivity index (χ0v) is 12.0. The second kappa shape index (κ2) is 5.67. The minimum absolute atomic E-state index is 0.0116. The van der Waals surface area contributed by atoms with Crippen LogP contribution in [0, 0.1) is 0 Å². The number of carbonyl (C=O) groups excluding carboxylic acids is 1. The SMILES string of the molecule is CC(C(=O)Nc1ccc(C(N)=S)cc1)N(C)C1CC1. The Hall–Kier alpha value is -1.46. The quantitative estimate of drug-likeness (QED) is 0.805. The van der Waals surface area contributed by atoms with E-state index in [9.17, 15) is 4.79 Å². The maximum Gasteiger partial charge on any atom is 0.241 e. The fraction of sp³-hybridized carbons (Fsp3) is 0.429. The molecule has 1 aliphatic rings. The lowest BCUT2D eigenvalue weighted by molar-refractivity contribution is -0.120. The second-order valence-corrected chi connectivity index (χ2v) is 5.44. The molecule has 0 spiro atoms. The van der Waals surface area contributed by atoms with Crippen molar-refractivity contribution in [1.82, 2.24) is 4.90 Å². The summed E-state index contributed by atoms with van der Waals surface area (Å²) < 4.78 is 0. The molecule has 2 rings (SSSR count). The van der Waals surface area contributed by atoms with Crippen LogP contribution in [0.25, 0.3) is 0 Å². The molecule has 0 aromatic heterocycles. The van der Waals surface area contributed by atoms with E-state index in [0.717, 1.165) is 11.3 Å². The van der Waals surface area contributed by atoms with E-state index < -0.39 is 0 Å². The van der Waals surface area contributed by atoms with Crippen molar-refractivity contribution in [1.29, 1.82) is 0 Å². The molecule has 0 radical (unpaired) electrons. The number of rotatable bonds is 5. The highest BCUT2D eigenvalue weighted by Crippen LogP contribution is 2.27. The number of carbonyl (C=O) groups is 1. The average Bonchev–Trinajstić information content (AvgIpc) is 3.21. The molecule has 0 bridgehead atoms. The first kappa shape index (κ1) is 14.0. The molecule has 4 nitrogen and oxygen atoms in total. The predicted molar refractivity (Wildman–Crippen MR) is 81.2 cm³/mol. The fourth-order valence-electron chi connectivity index (χ4n) is 1.95. The van der Waals surface area contributed by atoms with Crippen LogP contribution in [-0.2, 0) is 4.79 Å². The molecule has 0 saturated heterocycles. The maximum atomic E-state index is 12.1. The summed E-state index contributed by atoms with van der Waals surface area (Å²) in [5.74, 6) is 0.0116. The normalized spacial score (nSPS) is 16.2. The predicted octanol–water partition coefficient (Wildman–Crippen LogP) is 1.74. The Balaban J connectivity index is 1.96. The molecule has 19 heavy (non-hydrogen) atoms. The first-order valence-electron chi connectivity index (χ1n) is 6.41. The molecular weight excluding hydrogens is 258 g/mol. The second-order valence-electron chi connectivity index (χ2n) is 5.00. The topological polar surface area (TPSA) is 58.4 Å². The number of anilines is 1. The molecule has 102 valence electrons. The van der Waals surface area contributed by atoms with Crippen LogP contribution in [0.5, 0.6) is 0 Å². The van der Waals surface area contributed by atoms with Crippen molar-refractivity contribution in [3.63, 3.8) is 0 Å². The van der Waals surface area contributed by atoms with Crippen LogP contribution in [-0.4, -0.2) is 34.9 Å². The monoisotopic (exact) mass is 277 g/mol. The third-order valence-corrected chi connectivity index (χ3v) is 3.79. The number of nitrogens with one attached hydrogen (secondary N) is 1. The number of nitrogens with two attached hydrogens (primary N) is 1. The van der Waals surface area contributed by atoms with Gasteiger partial charge in [-0.05, 0) is 51.1 Å². The first-order valence-corrected chi connectivity index (χ1v) is 6.82. The molecule has 1 atom stereocenters. The van der Waals surface area contributed by atoms with Gasteiger partial charge in [-0.2, -0.15) is 0 Å². The molecule has 3 N–H and O–H groups in total. The molecule has 0 heterocycles. The van der Waals surface area contributed by atoms with E-state index in [1.807, 2.05) is 38.2 Å². The number of likely N-dealkylation sites (N-methyl/N-ethyl adjacent to an activating group) is 1. The Morgan fingerprint density at radius 2 is 2.00 bits per heavy atom. The van der Waals surface area contributed by atoms with Crippen molar-refractivity contribution in [2.45, 2.75) is 31.8 Å². The Labute approximate surface area is 119 Å². The van der Waals surface area contributed by atoms with Crippen molar-refractivity contribution in [2.24, 2.45) is 5.73 Å². The Morgan fingerprint density at radius 1 is 1.42 bits per heavy atom. The fourth-order valence-corrected chi connectivity index (χ4v) is 2.08. The number of hydrogen-bond acceptors (Lipinski definition) is 3. The van der Waals surface area contributed by atoms with Crippen molar-refractivity contribution < 1.29 is 4.79 Å². The minimum Gasteiger partial charge on any atom is -0.389 e. The molecule has 1 fully saturated rings. The van der Waals surface area contributed by atoms with Crippen LogP contribution < -0.4 is 11.1 Å². The van der Waals surface area contributed by atoms with E-state index in [0.29, 0.717) is 11.0 Å². The number of nitrogens with zero attached hydrogens (tertiary/aromatic N) is 1. The molecular formula is C14H19N3OS. The number of amides is 1. The molecule has 0 aliphatic heterocycles. The van der Waals surface area contributed by atoms with Gasteiger partial charge in [-0.15, -0.1) is 0 Å². The lowest BCUT2D eigenvalue weighted by Gasteiger charge is -2.23. The molecule has 1 aliphatic carbocycles. The van der Waals surface area contributed by atoms with Crippen molar-refractivity contribution in [3.8, 4) is 0 Å². The Morgan fingerprint density at radius 3 is 2.47 bits per heavy atom. The van der Waals surface area contributed by atoms with Crippen molar-refractivity contribution in [2.75, 3.05) is 12.4 Å². The zero-order chi connectivity index (χ0) is 14.0. The summed E-state index contributed by atoms with van der Waals surface area (Å²) in [5, 5.41) is 2.91. The molecule has 1 aromatic carbocycles. The van der Waals surface area contributed by atoms with E-state index in [1.54, 1.807) is 0 Å². The number of hydrogen-bond donors (Lipinski definition) is 2. The average molecular weight is 277 g/mol. The van der Waals surface area contributed by atoms with Gasteiger partial charge in [-0.3, -0.25) is 9.69 Å². The molecule has 1 aromatic rings. The van der Waals surface area contributed by atoms with Gasteiger partial charge in [0.15, 0.2) is 0 Å². The van der Waals surface area contributed by atoms with Crippen LogP contribution in [0.2, 0.25) is 0 Å². The van der Waals surface area contributed by atoms with Gasteiger partial charge in [0, 0.05) is 17.3 Å². The summed E-state index contributed by atoms with van der Waals surface area (Å²) >= 11 is 4.89. The standard InChI is InChI=1S/C14H19N3OS/c1-9(17(2)12-7-8-12)14(18)16-11-5-3-10(4-6-11)13(15)19/h3-6,9,12H,7-8H2,1-2H3,(H2,15,19)(H,16,18). The maximum absolute atomic E-state index is 12.1.